The van der Waals surface area contributed by atoms with E-state index in [0.717, 1.165) is 5.56 Å². The summed E-state index contributed by atoms with van der Waals surface area (Å²) in [7, 11) is 3.36. The monoisotopic (exact) mass is 268 g/mol. The van der Waals surface area contributed by atoms with E-state index < -0.39 is 5.38 Å². The number of benzene rings is 1. The molecule has 1 aromatic rings. The minimum Gasteiger partial charge on any atom is -0.354 e. The Labute approximate surface area is 112 Å². The van der Waals surface area contributed by atoms with Crippen LogP contribution in [-0.4, -0.2) is 37.4 Å². The highest BCUT2D eigenvalue weighted by atomic mass is 35.5. The van der Waals surface area contributed by atoms with Gasteiger partial charge in [0, 0.05) is 27.1 Å². The standard InChI is InChI=1S/C13H17ClN2O2/c1-16(2)11(17)8-9-15-13(18)12(14)10-6-4-3-5-7-10/h3-7,12H,8-9H2,1-2H3,(H,15,18). The first-order valence-electron chi connectivity index (χ1n) is 5.69. The molecule has 1 aromatic carbocycles. The molecule has 1 rings (SSSR count). The lowest BCUT2D eigenvalue weighted by molar-refractivity contribution is -0.128. The van der Waals surface area contributed by atoms with Crippen molar-refractivity contribution in [2.45, 2.75) is 11.8 Å². The second-order valence-electron chi connectivity index (χ2n) is 4.10. The minimum absolute atomic E-state index is 0.0267. The summed E-state index contributed by atoms with van der Waals surface area (Å²) in [5.74, 6) is -0.310. The van der Waals surface area contributed by atoms with Crippen LogP contribution < -0.4 is 5.32 Å². The smallest absolute Gasteiger partial charge is 0.242 e. The Morgan fingerprint density at radius 3 is 2.44 bits per heavy atom. The fourth-order valence-electron chi connectivity index (χ4n) is 1.38. The quantitative estimate of drug-likeness (QED) is 0.824. The normalized spacial score (nSPS) is 11.7. The molecule has 0 radical (unpaired) electrons. The molecule has 98 valence electrons. The zero-order valence-electron chi connectivity index (χ0n) is 10.5. The number of amides is 2. The lowest BCUT2D eigenvalue weighted by Crippen LogP contribution is -2.32. The van der Waals surface area contributed by atoms with Gasteiger partial charge in [0.2, 0.25) is 11.8 Å². The van der Waals surface area contributed by atoms with Crippen molar-refractivity contribution in [3.63, 3.8) is 0 Å². The molecular formula is C13H17ClN2O2. The molecule has 1 N–H and O–H groups in total. The van der Waals surface area contributed by atoms with Crippen molar-refractivity contribution in [1.29, 1.82) is 0 Å². The number of rotatable bonds is 5. The van der Waals surface area contributed by atoms with Crippen molar-refractivity contribution in [2.24, 2.45) is 0 Å². The van der Waals surface area contributed by atoms with Gasteiger partial charge in [0.25, 0.3) is 0 Å². The van der Waals surface area contributed by atoms with Crippen LogP contribution in [0, 0.1) is 0 Å². The first-order valence-corrected chi connectivity index (χ1v) is 6.13. The van der Waals surface area contributed by atoms with E-state index in [1.165, 1.54) is 4.90 Å². The van der Waals surface area contributed by atoms with Crippen molar-refractivity contribution in [1.82, 2.24) is 10.2 Å². The molecule has 0 saturated carbocycles. The number of alkyl halides is 1. The summed E-state index contributed by atoms with van der Waals surface area (Å²) in [6, 6.07) is 9.10. The van der Waals surface area contributed by atoms with Crippen LogP contribution in [0.2, 0.25) is 0 Å². The molecule has 0 fully saturated rings. The Balaban J connectivity index is 2.40. The number of nitrogens with zero attached hydrogens (tertiary/aromatic N) is 1. The largest absolute Gasteiger partial charge is 0.354 e. The van der Waals surface area contributed by atoms with Crippen LogP contribution in [-0.2, 0) is 9.59 Å². The summed E-state index contributed by atoms with van der Waals surface area (Å²) < 4.78 is 0. The highest BCUT2D eigenvalue weighted by Crippen LogP contribution is 2.19. The average Bonchev–Trinajstić information content (AvgIpc) is 2.38. The maximum Gasteiger partial charge on any atom is 0.242 e. The third-order valence-corrected chi connectivity index (χ3v) is 2.91. The molecule has 5 heteroatoms. The van der Waals surface area contributed by atoms with E-state index in [1.54, 1.807) is 26.2 Å². The number of nitrogens with one attached hydrogen (secondary N) is 1. The van der Waals surface area contributed by atoms with Crippen LogP contribution in [0.1, 0.15) is 17.4 Å². The number of hydrogen-bond acceptors (Lipinski definition) is 2. The van der Waals surface area contributed by atoms with Gasteiger partial charge < -0.3 is 10.2 Å². The van der Waals surface area contributed by atoms with Gasteiger partial charge in [-0.1, -0.05) is 30.3 Å². The fraction of sp³-hybridized carbons (Fsp3) is 0.385. The molecular weight excluding hydrogens is 252 g/mol. The highest BCUT2D eigenvalue weighted by molar-refractivity contribution is 6.30. The molecule has 18 heavy (non-hydrogen) atoms. The number of carbonyl (C=O) groups excluding carboxylic acids is 2. The number of hydrogen-bond donors (Lipinski definition) is 1. The van der Waals surface area contributed by atoms with Crippen LogP contribution in [0.25, 0.3) is 0 Å². The Hall–Kier alpha value is -1.55. The Morgan fingerprint density at radius 1 is 1.28 bits per heavy atom. The molecule has 4 nitrogen and oxygen atoms in total. The second-order valence-corrected chi connectivity index (χ2v) is 4.54. The highest BCUT2D eigenvalue weighted by Gasteiger charge is 2.17. The maximum atomic E-state index is 11.7. The van der Waals surface area contributed by atoms with Gasteiger partial charge >= 0.3 is 0 Å². The Morgan fingerprint density at radius 2 is 1.89 bits per heavy atom. The molecule has 0 heterocycles. The van der Waals surface area contributed by atoms with Gasteiger partial charge in [-0.15, -0.1) is 11.6 Å². The van der Waals surface area contributed by atoms with Gasteiger partial charge in [-0.3, -0.25) is 9.59 Å². The van der Waals surface area contributed by atoms with Crippen molar-refractivity contribution < 1.29 is 9.59 Å². The van der Waals surface area contributed by atoms with Gasteiger partial charge in [0.05, 0.1) is 0 Å². The van der Waals surface area contributed by atoms with Gasteiger partial charge in [-0.2, -0.15) is 0 Å². The van der Waals surface area contributed by atoms with E-state index in [2.05, 4.69) is 5.32 Å². The van der Waals surface area contributed by atoms with E-state index in [1.807, 2.05) is 18.2 Å². The predicted molar refractivity (Wildman–Crippen MR) is 71.4 cm³/mol. The molecule has 0 aliphatic heterocycles. The van der Waals surface area contributed by atoms with Gasteiger partial charge in [0.1, 0.15) is 5.38 Å². The topological polar surface area (TPSA) is 49.4 Å². The summed E-state index contributed by atoms with van der Waals surface area (Å²) in [5, 5.41) is 1.93. The first-order chi connectivity index (χ1) is 8.52. The maximum absolute atomic E-state index is 11.7. The molecule has 0 saturated heterocycles. The van der Waals surface area contributed by atoms with E-state index in [-0.39, 0.29) is 18.2 Å². The van der Waals surface area contributed by atoms with E-state index in [9.17, 15) is 9.59 Å². The zero-order valence-corrected chi connectivity index (χ0v) is 11.3. The first kappa shape index (κ1) is 14.5. The minimum atomic E-state index is -0.722. The van der Waals surface area contributed by atoms with Crippen LogP contribution in [0.15, 0.2) is 30.3 Å². The van der Waals surface area contributed by atoms with Gasteiger partial charge in [0.15, 0.2) is 0 Å². The van der Waals surface area contributed by atoms with E-state index in [4.69, 9.17) is 11.6 Å². The lowest BCUT2D eigenvalue weighted by Gasteiger charge is -2.12. The molecule has 0 spiro atoms. The summed E-state index contributed by atoms with van der Waals surface area (Å²) in [4.78, 5) is 24.5. The summed E-state index contributed by atoms with van der Waals surface area (Å²) in [5.41, 5.74) is 0.746. The van der Waals surface area contributed by atoms with Crippen LogP contribution in [0.3, 0.4) is 0 Å². The molecule has 0 aromatic heterocycles. The van der Waals surface area contributed by atoms with Crippen molar-refractivity contribution in [2.75, 3.05) is 20.6 Å². The van der Waals surface area contributed by atoms with Crippen LogP contribution in [0.4, 0.5) is 0 Å². The summed E-state index contributed by atoms with van der Waals surface area (Å²) in [6.07, 6.45) is 0.275. The molecule has 0 aliphatic carbocycles. The van der Waals surface area contributed by atoms with E-state index >= 15 is 0 Å². The third kappa shape index (κ3) is 4.37. The van der Waals surface area contributed by atoms with Crippen LogP contribution >= 0.6 is 11.6 Å². The SMILES string of the molecule is CN(C)C(=O)CCNC(=O)C(Cl)c1ccccc1. The van der Waals surface area contributed by atoms with Gasteiger partial charge in [-0.25, -0.2) is 0 Å². The Kier molecular flexibility index (Phi) is 5.65. The molecule has 0 aliphatic rings. The van der Waals surface area contributed by atoms with Crippen molar-refractivity contribution in [3.8, 4) is 0 Å². The molecule has 2 amide bonds. The second kappa shape index (κ2) is 7.01. The van der Waals surface area contributed by atoms with Gasteiger partial charge in [-0.05, 0) is 5.56 Å². The zero-order chi connectivity index (χ0) is 13.5. The average molecular weight is 269 g/mol. The Bertz CT molecular complexity index is 407. The summed E-state index contributed by atoms with van der Waals surface area (Å²) in [6.45, 7) is 0.298. The molecule has 0 bridgehead atoms. The molecule has 1 atom stereocenters. The summed E-state index contributed by atoms with van der Waals surface area (Å²) >= 11 is 6.03. The number of carbonyl (C=O) groups is 2. The predicted octanol–water partition coefficient (Wildman–Crippen LogP) is 1.56. The fourth-order valence-corrected chi connectivity index (χ4v) is 1.60. The van der Waals surface area contributed by atoms with E-state index in [0.29, 0.717) is 6.54 Å². The number of halogens is 1. The van der Waals surface area contributed by atoms with Crippen molar-refractivity contribution in [3.05, 3.63) is 35.9 Å². The third-order valence-electron chi connectivity index (χ3n) is 2.46. The lowest BCUT2D eigenvalue weighted by atomic mass is 10.1. The molecule has 1 unspecified atom stereocenters. The van der Waals surface area contributed by atoms with Crippen LogP contribution in [0.5, 0.6) is 0 Å². The van der Waals surface area contributed by atoms with Crippen molar-refractivity contribution >= 4 is 23.4 Å².